The maximum atomic E-state index is 13.1. The van der Waals surface area contributed by atoms with Crippen LogP contribution in [0, 0.1) is 0 Å². The Kier molecular flexibility index (Phi) is 5.43. The third-order valence-corrected chi connectivity index (χ3v) is 5.29. The molecule has 0 radical (unpaired) electrons. The number of hydrogen-bond acceptors (Lipinski definition) is 7. The number of anilines is 1. The highest BCUT2D eigenvalue weighted by atomic mass is 16.7. The molecule has 1 amide bonds. The smallest absolute Gasteiger partial charge is 0.360 e. The van der Waals surface area contributed by atoms with Crippen LogP contribution in [0.3, 0.4) is 0 Å². The SMILES string of the molecule is CC(OC(=O)c1nn(-c2ccccc2)c(=O)c2ccccc12)C(=O)Nc1ccc2c(c1)OCO2. The van der Waals surface area contributed by atoms with E-state index in [1.54, 1.807) is 66.7 Å². The normalized spacial score (nSPS) is 12.9. The maximum Gasteiger partial charge on any atom is 0.360 e. The fourth-order valence-corrected chi connectivity index (χ4v) is 3.57. The van der Waals surface area contributed by atoms with E-state index in [1.165, 1.54) is 6.92 Å². The van der Waals surface area contributed by atoms with Crippen molar-refractivity contribution in [1.82, 2.24) is 9.78 Å². The molecule has 2 heterocycles. The zero-order valence-electron chi connectivity index (χ0n) is 18.1. The number of ether oxygens (including phenoxy) is 3. The molecule has 1 atom stereocenters. The third kappa shape index (κ3) is 3.95. The van der Waals surface area contributed by atoms with Gasteiger partial charge in [0.1, 0.15) is 0 Å². The van der Waals surface area contributed by atoms with Gasteiger partial charge in [-0.25, -0.2) is 4.79 Å². The van der Waals surface area contributed by atoms with Crippen molar-refractivity contribution < 1.29 is 23.8 Å². The zero-order valence-corrected chi connectivity index (χ0v) is 18.1. The average molecular weight is 457 g/mol. The Morgan fingerprint density at radius 3 is 2.47 bits per heavy atom. The second-order valence-electron chi connectivity index (χ2n) is 7.55. The van der Waals surface area contributed by atoms with E-state index in [-0.39, 0.29) is 18.0 Å². The van der Waals surface area contributed by atoms with Crippen LogP contribution in [-0.4, -0.2) is 34.6 Å². The molecule has 0 saturated heterocycles. The van der Waals surface area contributed by atoms with Crippen molar-refractivity contribution in [3.05, 3.63) is 88.8 Å². The largest absolute Gasteiger partial charge is 0.454 e. The van der Waals surface area contributed by atoms with Gasteiger partial charge in [0.2, 0.25) is 6.79 Å². The van der Waals surface area contributed by atoms with Crippen molar-refractivity contribution in [2.75, 3.05) is 12.1 Å². The van der Waals surface area contributed by atoms with Gasteiger partial charge in [0.05, 0.1) is 11.1 Å². The summed E-state index contributed by atoms with van der Waals surface area (Å²) in [6, 6.07) is 20.3. The lowest BCUT2D eigenvalue weighted by molar-refractivity contribution is -0.123. The lowest BCUT2D eigenvalue weighted by Gasteiger charge is -2.15. The van der Waals surface area contributed by atoms with Gasteiger partial charge in [-0.2, -0.15) is 9.78 Å². The number of rotatable bonds is 5. The fraction of sp³-hybridized carbons (Fsp3) is 0.120. The van der Waals surface area contributed by atoms with Crippen molar-refractivity contribution in [2.45, 2.75) is 13.0 Å². The van der Waals surface area contributed by atoms with Gasteiger partial charge in [0.25, 0.3) is 11.5 Å². The number of nitrogens with zero attached hydrogens (tertiary/aromatic N) is 2. The summed E-state index contributed by atoms with van der Waals surface area (Å²) in [5.41, 5.74) is 0.535. The molecule has 4 aromatic rings. The van der Waals surface area contributed by atoms with Gasteiger partial charge in [-0.15, -0.1) is 0 Å². The lowest BCUT2D eigenvalue weighted by Crippen LogP contribution is -2.31. The van der Waals surface area contributed by atoms with Gasteiger partial charge in [0, 0.05) is 17.1 Å². The van der Waals surface area contributed by atoms with Crippen LogP contribution in [0.4, 0.5) is 5.69 Å². The first kappa shape index (κ1) is 21.2. The van der Waals surface area contributed by atoms with Crippen LogP contribution >= 0.6 is 0 Å². The fourth-order valence-electron chi connectivity index (χ4n) is 3.57. The Labute approximate surface area is 193 Å². The summed E-state index contributed by atoms with van der Waals surface area (Å²) in [7, 11) is 0. The van der Waals surface area contributed by atoms with E-state index in [9.17, 15) is 14.4 Å². The van der Waals surface area contributed by atoms with E-state index in [1.807, 2.05) is 6.07 Å². The number of amides is 1. The Hall–Kier alpha value is -4.66. The highest BCUT2D eigenvalue weighted by molar-refractivity contribution is 6.04. The quantitative estimate of drug-likeness (QED) is 0.458. The standard InChI is InChI=1S/C25H19N3O6/c1-15(23(29)26-16-11-12-20-21(13-16)33-14-32-20)34-25(31)22-18-9-5-6-10-19(18)24(30)28(27-22)17-7-3-2-4-8-17/h2-13,15H,14H2,1H3,(H,26,29). The van der Waals surface area contributed by atoms with Crippen molar-refractivity contribution in [2.24, 2.45) is 0 Å². The number of carbonyl (C=O) groups excluding carboxylic acids is 2. The first-order chi connectivity index (χ1) is 16.5. The van der Waals surface area contributed by atoms with Crippen LogP contribution in [0.5, 0.6) is 11.5 Å². The van der Waals surface area contributed by atoms with Crippen LogP contribution in [0.1, 0.15) is 17.4 Å². The Bertz CT molecular complexity index is 1460. The van der Waals surface area contributed by atoms with Crippen LogP contribution in [0.2, 0.25) is 0 Å². The molecule has 1 aliphatic rings. The predicted molar refractivity (Wildman–Crippen MR) is 123 cm³/mol. The molecule has 3 aromatic carbocycles. The van der Waals surface area contributed by atoms with E-state index in [0.29, 0.717) is 33.6 Å². The molecule has 0 fully saturated rings. The topological polar surface area (TPSA) is 109 Å². The molecular formula is C25H19N3O6. The zero-order chi connectivity index (χ0) is 23.7. The average Bonchev–Trinajstić information content (AvgIpc) is 3.33. The van der Waals surface area contributed by atoms with Crippen LogP contribution < -0.4 is 20.3 Å². The van der Waals surface area contributed by atoms with Gasteiger partial charge < -0.3 is 19.5 Å². The number of fused-ring (bicyclic) bond motifs is 2. The van der Waals surface area contributed by atoms with Crippen LogP contribution in [0.15, 0.2) is 77.6 Å². The summed E-state index contributed by atoms with van der Waals surface area (Å²) in [6.07, 6.45) is -1.13. The maximum absolute atomic E-state index is 13.1. The Morgan fingerprint density at radius 1 is 0.971 bits per heavy atom. The molecule has 1 unspecified atom stereocenters. The van der Waals surface area contributed by atoms with Crippen LogP contribution in [-0.2, 0) is 9.53 Å². The number of esters is 1. The highest BCUT2D eigenvalue weighted by Gasteiger charge is 2.24. The Balaban J connectivity index is 1.41. The van der Waals surface area contributed by atoms with Gasteiger partial charge >= 0.3 is 5.97 Å². The second-order valence-corrected chi connectivity index (χ2v) is 7.55. The minimum absolute atomic E-state index is 0.0678. The number of benzene rings is 3. The van der Waals surface area contributed by atoms with E-state index >= 15 is 0 Å². The predicted octanol–water partition coefficient (Wildman–Crippen LogP) is 3.30. The number of hydrogen-bond donors (Lipinski definition) is 1. The van der Waals surface area contributed by atoms with E-state index in [4.69, 9.17) is 14.2 Å². The molecule has 1 aromatic heterocycles. The van der Waals surface area contributed by atoms with Crippen molar-refractivity contribution in [1.29, 1.82) is 0 Å². The molecule has 170 valence electrons. The minimum atomic E-state index is -1.13. The summed E-state index contributed by atoms with van der Waals surface area (Å²) in [6.45, 7) is 1.57. The van der Waals surface area contributed by atoms with Crippen molar-refractivity contribution in [3.8, 4) is 17.2 Å². The lowest BCUT2D eigenvalue weighted by atomic mass is 10.1. The minimum Gasteiger partial charge on any atom is -0.454 e. The summed E-state index contributed by atoms with van der Waals surface area (Å²) in [5, 5.41) is 7.61. The van der Waals surface area contributed by atoms with Gasteiger partial charge in [0.15, 0.2) is 23.3 Å². The van der Waals surface area contributed by atoms with Gasteiger partial charge in [-0.1, -0.05) is 36.4 Å². The number of nitrogens with one attached hydrogen (secondary N) is 1. The number of aromatic nitrogens is 2. The Morgan fingerprint density at radius 2 is 1.68 bits per heavy atom. The molecule has 0 saturated carbocycles. The number of para-hydroxylation sites is 1. The molecule has 34 heavy (non-hydrogen) atoms. The molecule has 0 aliphatic carbocycles. The molecule has 1 N–H and O–H groups in total. The van der Waals surface area contributed by atoms with Crippen LogP contribution in [0.25, 0.3) is 16.5 Å². The number of carbonyl (C=O) groups is 2. The molecule has 0 bridgehead atoms. The summed E-state index contributed by atoms with van der Waals surface area (Å²) >= 11 is 0. The van der Waals surface area contributed by atoms with Crippen molar-refractivity contribution in [3.63, 3.8) is 0 Å². The van der Waals surface area contributed by atoms with Gasteiger partial charge in [-0.3, -0.25) is 9.59 Å². The second kappa shape index (κ2) is 8.70. The van der Waals surface area contributed by atoms with E-state index in [2.05, 4.69) is 10.4 Å². The molecule has 9 nitrogen and oxygen atoms in total. The molecule has 1 aliphatic heterocycles. The van der Waals surface area contributed by atoms with Crippen molar-refractivity contribution >= 4 is 28.3 Å². The molecular weight excluding hydrogens is 438 g/mol. The summed E-state index contributed by atoms with van der Waals surface area (Å²) < 4.78 is 17.1. The monoisotopic (exact) mass is 457 g/mol. The summed E-state index contributed by atoms with van der Waals surface area (Å²) in [5.74, 6) is -0.257. The molecule has 0 spiro atoms. The van der Waals surface area contributed by atoms with E-state index < -0.39 is 18.0 Å². The summed E-state index contributed by atoms with van der Waals surface area (Å²) in [4.78, 5) is 38.7. The first-order valence-electron chi connectivity index (χ1n) is 10.5. The first-order valence-corrected chi connectivity index (χ1v) is 10.5. The van der Waals surface area contributed by atoms with E-state index in [0.717, 1.165) is 4.68 Å². The molecule has 5 rings (SSSR count). The molecule has 9 heteroatoms. The highest BCUT2D eigenvalue weighted by Crippen LogP contribution is 2.34. The van der Waals surface area contributed by atoms with Gasteiger partial charge in [-0.05, 0) is 37.3 Å². The third-order valence-electron chi connectivity index (χ3n) is 5.29.